The lowest BCUT2D eigenvalue weighted by molar-refractivity contribution is 0.133. The first-order chi connectivity index (χ1) is 6.74. The molecule has 0 saturated carbocycles. The average molecular weight is 211 g/mol. The van der Waals surface area contributed by atoms with Crippen LogP contribution in [-0.2, 0) is 11.5 Å². The van der Waals surface area contributed by atoms with Crippen LogP contribution in [0.15, 0.2) is 18.3 Å². The molecule has 0 aliphatic heterocycles. The van der Waals surface area contributed by atoms with Gasteiger partial charge in [-0.1, -0.05) is 11.6 Å². The van der Waals surface area contributed by atoms with E-state index in [1.54, 1.807) is 19.4 Å². The predicted octanol–water partition coefficient (Wildman–Crippen LogP) is 2.60. The summed E-state index contributed by atoms with van der Waals surface area (Å²) in [7, 11) is 1.66. The Hall–Kier alpha value is -1.06. The molecular formula is C10H11ClN2O. The maximum atomic E-state index is 6.05. The second-order valence-corrected chi connectivity index (χ2v) is 3.57. The van der Waals surface area contributed by atoms with E-state index in [0.717, 1.165) is 21.7 Å². The van der Waals surface area contributed by atoms with Crippen molar-refractivity contribution >= 4 is 22.6 Å². The van der Waals surface area contributed by atoms with Crippen molar-refractivity contribution in [3.05, 3.63) is 29.0 Å². The number of aromatic nitrogens is 2. The summed E-state index contributed by atoms with van der Waals surface area (Å²) in [6.45, 7) is 2.51. The number of nitrogens with zero attached hydrogens (tertiary/aromatic N) is 2. The first kappa shape index (κ1) is 9.49. The van der Waals surface area contributed by atoms with E-state index in [9.17, 15) is 0 Å². The molecule has 0 aliphatic rings. The highest BCUT2D eigenvalue weighted by Gasteiger charge is 2.08. The van der Waals surface area contributed by atoms with E-state index in [-0.39, 0.29) is 0 Å². The van der Waals surface area contributed by atoms with Crippen molar-refractivity contribution in [3.8, 4) is 0 Å². The van der Waals surface area contributed by atoms with Crippen LogP contribution < -0.4 is 0 Å². The fraction of sp³-hybridized carbons (Fsp3) is 0.300. The summed E-state index contributed by atoms with van der Waals surface area (Å²) in [5.41, 5.74) is 1.97. The zero-order chi connectivity index (χ0) is 10.1. The molecule has 74 valence electrons. The Morgan fingerprint density at radius 1 is 1.57 bits per heavy atom. The van der Waals surface area contributed by atoms with Gasteiger partial charge in [0.05, 0.1) is 5.02 Å². The van der Waals surface area contributed by atoms with Crippen molar-refractivity contribution in [2.75, 3.05) is 7.11 Å². The zero-order valence-corrected chi connectivity index (χ0v) is 8.88. The highest BCUT2D eigenvalue weighted by atomic mass is 35.5. The summed E-state index contributed by atoms with van der Waals surface area (Å²) in [5, 5.41) is 1.71. The van der Waals surface area contributed by atoms with Gasteiger partial charge in [-0.15, -0.1) is 0 Å². The molecule has 2 aromatic rings. The van der Waals surface area contributed by atoms with Crippen LogP contribution in [0.1, 0.15) is 5.69 Å². The van der Waals surface area contributed by atoms with Gasteiger partial charge >= 0.3 is 0 Å². The molecule has 2 heterocycles. The number of ether oxygens (including phenoxy) is 1. The molecule has 0 unspecified atom stereocenters. The number of methoxy groups -OCH3 is 1. The zero-order valence-electron chi connectivity index (χ0n) is 8.12. The molecular weight excluding hydrogens is 200 g/mol. The van der Waals surface area contributed by atoms with Gasteiger partial charge in [0.2, 0.25) is 0 Å². The lowest BCUT2D eigenvalue weighted by Gasteiger charge is -2.04. The smallest absolute Gasteiger partial charge is 0.143 e. The van der Waals surface area contributed by atoms with Gasteiger partial charge in [0.1, 0.15) is 12.4 Å². The summed E-state index contributed by atoms with van der Waals surface area (Å²) in [4.78, 5) is 4.28. The van der Waals surface area contributed by atoms with E-state index in [2.05, 4.69) is 4.98 Å². The normalized spacial score (nSPS) is 11.1. The number of hydrogen-bond donors (Lipinski definition) is 0. The molecule has 2 aromatic heterocycles. The van der Waals surface area contributed by atoms with Crippen LogP contribution in [0.4, 0.5) is 0 Å². The Morgan fingerprint density at radius 3 is 3.07 bits per heavy atom. The number of fused-ring (bicyclic) bond motifs is 1. The van der Waals surface area contributed by atoms with Crippen molar-refractivity contribution in [3.63, 3.8) is 0 Å². The monoisotopic (exact) mass is 210 g/mol. The van der Waals surface area contributed by atoms with Crippen molar-refractivity contribution in [1.29, 1.82) is 0 Å². The fourth-order valence-corrected chi connectivity index (χ4v) is 1.73. The highest BCUT2D eigenvalue weighted by molar-refractivity contribution is 6.35. The van der Waals surface area contributed by atoms with Crippen LogP contribution in [0.2, 0.25) is 5.02 Å². The predicted molar refractivity (Wildman–Crippen MR) is 56.5 cm³/mol. The second kappa shape index (κ2) is 3.59. The molecule has 4 heteroatoms. The van der Waals surface area contributed by atoms with E-state index in [1.165, 1.54) is 0 Å². The first-order valence-electron chi connectivity index (χ1n) is 4.33. The van der Waals surface area contributed by atoms with Gasteiger partial charge < -0.3 is 9.30 Å². The van der Waals surface area contributed by atoms with Crippen molar-refractivity contribution in [2.45, 2.75) is 13.7 Å². The van der Waals surface area contributed by atoms with Crippen LogP contribution in [0.5, 0.6) is 0 Å². The number of rotatable bonds is 2. The molecule has 3 nitrogen and oxygen atoms in total. The summed E-state index contributed by atoms with van der Waals surface area (Å²) >= 11 is 6.05. The maximum Gasteiger partial charge on any atom is 0.143 e. The number of aryl methyl sites for hydroxylation is 1. The standard InChI is InChI=1S/C10H11ClN2O/c1-7-5-8-9(11)3-4-12-10(8)13(7)6-14-2/h3-5H,6H2,1-2H3. The Bertz CT molecular complexity index is 464. The van der Waals surface area contributed by atoms with Gasteiger partial charge in [0.25, 0.3) is 0 Å². The lowest BCUT2D eigenvalue weighted by atomic mass is 10.3. The van der Waals surface area contributed by atoms with Gasteiger partial charge in [-0.05, 0) is 19.1 Å². The number of hydrogen-bond acceptors (Lipinski definition) is 2. The molecule has 2 rings (SSSR count). The third kappa shape index (κ3) is 1.38. The third-order valence-corrected chi connectivity index (χ3v) is 2.54. The SMILES string of the molecule is COCn1c(C)cc2c(Cl)ccnc21. The molecule has 0 amide bonds. The fourth-order valence-electron chi connectivity index (χ4n) is 1.53. The Balaban J connectivity index is 2.70. The molecule has 14 heavy (non-hydrogen) atoms. The van der Waals surface area contributed by atoms with Crippen molar-refractivity contribution < 1.29 is 4.74 Å². The van der Waals surface area contributed by atoms with Gasteiger partial charge in [0, 0.05) is 24.4 Å². The van der Waals surface area contributed by atoms with Crippen molar-refractivity contribution in [1.82, 2.24) is 9.55 Å². The summed E-state index contributed by atoms with van der Waals surface area (Å²) < 4.78 is 7.08. The van der Waals surface area contributed by atoms with E-state index in [1.807, 2.05) is 17.6 Å². The van der Waals surface area contributed by atoms with Gasteiger partial charge in [0.15, 0.2) is 0 Å². The Kier molecular flexibility index (Phi) is 2.44. The lowest BCUT2D eigenvalue weighted by Crippen LogP contribution is -2.02. The molecule has 0 aromatic carbocycles. The molecule has 0 radical (unpaired) electrons. The van der Waals surface area contributed by atoms with Crippen LogP contribution in [0, 0.1) is 6.92 Å². The average Bonchev–Trinajstić information content (AvgIpc) is 2.47. The third-order valence-electron chi connectivity index (χ3n) is 2.21. The van der Waals surface area contributed by atoms with Gasteiger partial charge in [-0.3, -0.25) is 0 Å². The highest BCUT2D eigenvalue weighted by Crippen LogP contribution is 2.24. The van der Waals surface area contributed by atoms with Gasteiger partial charge in [-0.2, -0.15) is 0 Å². The van der Waals surface area contributed by atoms with Crippen LogP contribution in [-0.4, -0.2) is 16.7 Å². The summed E-state index contributed by atoms with van der Waals surface area (Å²) in [5.74, 6) is 0. The molecule has 0 saturated heterocycles. The summed E-state index contributed by atoms with van der Waals surface area (Å²) in [6, 6.07) is 3.81. The van der Waals surface area contributed by atoms with Gasteiger partial charge in [-0.25, -0.2) is 4.98 Å². The Labute approximate surface area is 87.3 Å². The minimum absolute atomic E-state index is 0.503. The number of pyridine rings is 1. The molecule has 0 spiro atoms. The largest absolute Gasteiger partial charge is 0.364 e. The Morgan fingerprint density at radius 2 is 2.36 bits per heavy atom. The molecule has 0 aliphatic carbocycles. The van der Waals surface area contributed by atoms with Crippen LogP contribution in [0.3, 0.4) is 0 Å². The van der Waals surface area contributed by atoms with E-state index in [0.29, 0.717) is 6.73 Å². The van der Waals surface area contributed by atoms with Crippen LogP contribution >= 0.6 is 11.6 Å². The quantitative estimate of drug-likeness (QED) is 0.762. The van der Waals surface area contributed by atoms with Crippen LogP contribution in [0.25, 0.3) is 11.0 Å². The molecule has 0 fully saturated rings. The molecule has 0 atom stereocenters. The summed E-state index contributed by atoms with van der Waals surface area (Å²) in [6.07, 6.45) is 1.70. The van der Waals surface area contributed by atoms with E-state index < -0.39 is 0 Å². The first-order valence-corrected chi connectivity index (χ1v) is 4.71. The number of halogens is 1. The second-order valence-electron chi connectivity index (χ2n) is 3.16. The maximum absolute atomic E-state index is 6.05. The van der Waals surface area contributed by atoms with E-state index >= 15 is 0 Å². The minimum atomic E-state index is 0.503. The van der Waals surface area contributed by atoms with Crippen molar-refractivity contribution in [2.24, 2.45) is 0 Å². The molecule has 0 N–H and O–H groups in total. The molecule has 0 bridgehead atoms. The minimum Gasteiger partial charge on any atom is -0.364 e. The topological polar surface area (TPSA) is 27.1 Å². The van der Waals surface area contributed by atoms with E-state index in [4.69, 9.17) is 16.3 Å².